The van der Waals surface area contributed by atoms with E-state index in [9.17, 15) is 14.7 Å². The molecule has 1 amide bonds. The molecule has 2 saturated carbocycles. The lowest BCUT2D eigenvalue weighted by Crippen LogP contribution is -2.45. The van der Waals surface area contributed by atoms with E-state index in [1.54, 1.807) is 0 Å². The molecule has 118 valence electrons. The van der Waals surface area contributed by atoms with Crippen molar-refractivity contribution in [2.24, 2.45) is 5.41 Å². The number of amides is 1. The van der Waals surface area contributed by atoms with Crippen molar-refractivity contribution in [3.05, 3.63) is 34.3 Å². The van der Waals surface area contributed by atoms with Crippen LogP contribution in [0.15, 0.2) is 28.7 Å². The maximum Gasteiger partial charge on any atom is 0.311 e. The Morgan fingerprint density at radius 2 is 1.86 bits per heavy atom. The van der Waals surface area contributed by atoms with Crippen LogP contribution in [-0.2, 0) is 15.0 Å². The number of carboxylic acid groups (broad SMARTS) is 1. The first-order chi connectivity index (χ1) is 10.5. The van der Waals surface area contributed by atoms with Gasteiger partial charge in [0.2, 0.25) is 5.91 Å². The first-order valence-corrected chi connectivity index (χ1v) is 8.56. The van der Waals surface area contributed by atoms with Gasteiger partial charge in [-0.2, -0.15) is 0 Å². The molecule has 0 heterocycles. The Bertz CT molecular complexity index is 604. The standard InChI is InChI=1S/C17H20BrNO3/c18-13-5-3-4-12(10-13)17(6-1-2-7-17)14(20)19-11-16(8-9-16)15(21)22/h3-5,10H,1-2,6-9,11H2,(H,19,20)(H,21,22). The Hall–Kier alpha value is -1.36. The number of carboxylic acids is 1. The van der Waals surface area contributed by atoms with Crippen molar-refractivity contribution >= 4 is 27.8 Å². The van der Waals surface area contributed by atoms with Gasteiger partial charge in [-0.1, -0.05) is 40.9 Å². The molecule has 0 spiro atoms. The number of carbonyl (C=O) groups excluding carboxylic acids is 1. The van der Waals surface area contributed by atoms with Crippen LogP contribution in [0.2, 0.25) is 0 Å². The van der Waals surface area contributed by atoms with Crippen molar-refractivity contribution in [2.75, 3.05) is 6.54 Å². The zero-order valence-electron chi connectivity index (χ0n) is 12.4. The first-order valence-electron chi connectivity index (χ1n) is 7.76. The molecule has 0 aromatic heterocycles. The molecule has 0 radical (unpaired) electrons. The molecular weight excluding hydrogens is 346 g/mol. The highest BCUT2D eigenvalue weighted by Crippen LogP contribution is 2.46. The van der Waals surface area contributed by atoms with Gasteiger partial charge in [0.15, 0.2) is 0 Å². The smallest absolute Gasteiger partial charge is 0.311 e. The minimum atomic E-state index is -0.796. The van der Waals surface area contributed by atoms with E-state index in [4.69, 9.17) is 0 Å². The summed E-state index contributed by atoms with van der Waals surface area (Å²) in [5.74, 6) is -0.814. The van der Waals surface area contributed by atoms with Crippen LogP contribution in [0.4, 0.5) is 0 Å². The van der Waals surface area contributed by atoms with Gasteiger partial charge in [0.25, 0.3) is 0 Å². The van der Waals surface area contributed by atoms with E-state index < -0.39 is 16.8 Å². The number of nitrogens with one attached hydrogen (secondary N) is 1. The zero-order valence-corrected chi connectivity index (χ0v) is 14.0. The molecule has 1 aromatic carbocycles. The molecule has 4 nitrogen and oxygen atoms in total. The fourth-order valence-corrected chi connectivity index (χ4v) is 3.85. The van der Waals surface area contributed by atoms with Crippen LogP contribution in [0.1, 0.15) is 44.1 Å². The van der Waals surface area contributed by atoms with Crippen LogP contribution in [-0.4, -0.2) is 23.5 Å². The van der Waals surface area contributed by atoms with E-state index in [-0.39, 0.29) is 12.5 Å². The molecule has 1 aromatic rings. The lowest BCUT2D eigenvalue weighted by molar-refractivity contribution is -0.143. The van der Waals surface area contributed by atoms with Crippen molar-refractivity contribution in [3.63, 3.8) is 0 Å². The number of hydrogen-bond acceptors (Lipinski definition) is 2. The lowest BCUT2D eigenvalue weighted by atomic mass is 9.78. The summed E-state index contributed by atoms with van der Waals surface area (Å²) in [5, 5.41) is 12.2. The molecule has 0 saturated heterocycles. The van der Waals surface area contributed by atoms with E-state index in [2.05, 4.69) is 21.2 Å². The summed E-state index contributed by atoms with van der Waals surface area (Å²) in [7, 11) is 0. The molecule has 3 rings (SSSR count). The fourth-order valence-electron chi connectivity index (χ4n) is 3.45. The first kappa shape index (κ1) is 15.5. The Labute approximate surface area is 138 Å². The van der Waals surface area contributed by atoms with Gasteiger partial charge in [-0.3, -0.25) is 9.59 Å². The summed E-state index contributed by atoms with van der Waals surface area (Å²) < 4.78 is 0.966. The predicted molar refractivity (Wildman–Crippen MR) is 86.6 cm³/mol. The third kappa shape index (κ3) is 2.67. The van der Waals surface area contributed by atoms with Crippen molar-refractivity contribution in [3.8, 4) is 0 Å². The van der Waals surface area contributed by atoms with Crippen LogP contribution in [0, 0.1) is 5.41 Å². The van der Waals surface area contributed by atoms with Gasteiger partial charge in [0.05, 0.1) is 10.8 Å². The van der Waals surface area contributed by atoms with Gasteiger partial charge >= 0.3 is 5.97 Å². The summed E-state index contributed by atoms with van der Waals surface area (Å²) in [6, 6.07) is 7.91. The number of rotatable bonds is 5. The van der Waals surface area contributed by atoms with Gasteiger partial charge in [-0.15, -0.1) is 0 Å². The molecule has 2 N–H and O–H groups in total. The van der Waals surface area contributed by atoms with E-state index >= 15 is 0 Å². The monoisotopic (exact) mass is 365 g/mol. The minimum Gasteiger partial charge on any atom is -0.481 e. The van der Waals surface area contributed by atoms with Crippen molar-refractivity contribution in [2.45, 2.75) is 43.9 Å². The van der Waals surface area contributed by atoms with Crippen molar-refractivity contribution in [1.82, 2.24) is 5.32 Å². The van der Waals surface area contributed by atoms with Crippen LogP contribution >= 0.6 is 15.9 Å². The number of hydrogen-bond donors (Lipinski definition) is 2. The Morgan fingerprint density at radius 3 is 2.41 bits per heavy atom. The van der Waals surface area contributed by atoms with E-state index in [1.165, 1.54) is 0 Å². The fraction of sp³-hybridized carbons (Fsp3) is 0.529. The number of benzene rings is 1. The largest absolute Gasteiger partial charge is 0.481 e. The molecule has 22 heavy (non-hydrogen) atoms. The molecule has 2 fully saturated rings. The average Bonchev–Trinajstić information content (AvgIpc) is 3.13. The Balaban J connectivity index is 1.79. The van der Waals surface area contributed by atoms with Gasteiger partial charge in [0, 0.05) is 11.0 Å². The van der Waals surface area contributed by atoms with Gasteiger partial charge in [0.1, 0.15) is 0 Å². The molecular formula is C17H20BrNO3. The summed E-state index contributed by atoms with van der Waals surface area (Å²) in [6.07, 6.45) is 5.04. The lowest BCUT2D eigenvalue weighted by Gasteiger charge is -2.29. The molecule has 2 aliphatic rings. The summed E-state index contributed by atoms with van der Waals surface area (Å²) in [6.45, 7) is 0.247. The summed E-state index contributed by atoms with van der Waals surface area (Å²) in [5.41, 5.74) is -0.192. The SMILES string of the molecule is O=C(O)C1(CNC(=O)C2(c3cccc(Br)c3)CCCC2)CC1. The van der Waals surface area contributed by atoms with Gasteiger partial charge in [-0.05, 0) is 43.4 Å². The molecule has 0 atom stereocenters. The third-order valence-electron chi connectivity index (χ3n) is 5.16. The highest BCUT2D eigenvalue weighted by molar-refractivity contribution is 9.10. The van der Waals surface area contributed by atoms with Crippen LogP contribution in [0.3, 0.4) is 0 Å². The van der Waals surface area contributed by atoms with Crippen LogP contribution in [0.25, 0.3) is 0 Å². The highest BCUT2D eigenvalue weighted by Gasteiger charge is 2.51. The maximum atomic E-state index is 12.9. The summed E-state index contributed by atoms with van der Waals surface area (Å²) in [4.78, 5) is 24.1. The normalized spacial score (nSPS) is 21.3. The van der Waals surface area contributed by atoms with Crippen molar-refractivity contribution in [1.29, 1.82) is 0 Å². The number of halogens is 1. The Kier molecular flexibility index (Phi) is 4.02. The molecule has 0 bridgehead atoms. The zero-order chi connectivity index (χ0) is 15.8. The van der Waals surface area contributed by atoms with Crippen molar-refractivity contribution < 1.29 is 14.7 Å². The quantitative estimate of drug-likeness (QED) is 0.841. The van der Waals surface area contributed by atoms with E-state index in [1.807, 2.05) is 24.3 Å². The highest BCUT2D eigenvalue weighted by atomic mass is 79.9. The van der Waals surface area contributed by atoms with Gasteiger partial charge in [-0.25, -0.2) is 0 Å². The number of aliphatic carboxylic acids is 1. The second kappa shape index (κ2) is 5.69. The molecule has 5 heteroatoms. The van der Waals surface area contributed by atoms with E-state index in [0.29, 0.717) is 12.8 Å². The molecule has 0 aliphatic heterocycles. The maximum absolute atomic E-state index is 12.9. The van der Waals surface area contributed by atoms with E-state index in [0.717, 1.165) is 35.7 Å². The summed E-state index contributed by atoms with van der Waals surface area (Å²) >= 11 is 3.47. The second-order valence-corrected chi connectivity index (χ2v) is 7.48. The minimum absolute atomic E-state index is 0.0179. The number of carbonyl (C=O) groups is 2. The predicted octanol–water partition coefficient (Wildman–Crippen LogP) is 3.24. The molecule has 2 aliphatic carbocycles. The van der Waals surface area contributed by atoms with Crippen LogP contribution in [0.5, 0.6) is 0 Å². The molecule has 0 unspecified atom stereocenters. The van der Waals surface area contributed by atoms with Gasteiger partial charge < -0.3 is 10.4 Å². The Morgan fingerprint density at radius 1 is 1.18 bits per heavy atom. The van der Waals surface area contributed by atoms with Crippen LogP contribution < -0.4 is 5.32 Å². The second-order valence-electron chi connectivity index (χ2n) is 6.57. The third-order valence-corrected chi connectivity index (χ3v) is 5.66. The average molecular weight is 366 g/mol. The topological polar surface area (TPSA) is 66.4 Å².